The molecule has 1 aromatic rings. The van der Waals surface area contributed by atoms with Crippen molar-refractivity contribution >= 4 is 17.6 Å². The fourth-order valence-electron chi connectivity index (χ4n) is 4.33. The second-order valence-corrected chi connectivity index (χ2v) is 7.90. The fraction of sp³-hybridized carbons (Fsp3) is 0.600. The molecule has 0 radical (unpaired) electrons. The maximum absolute atomic E-state index is 12.2. The summed E-state index contributed by atoms with van der Waals surface area (Å²) < 4.78 is 5.75. The molecule has 2 fully saturated rings. The first kappa shape index (κ1) is 19.9. The highest BCUT2D eigenvalue weighted by atomic mass is 16.5. The predicted molar refractivity (Wildman–Crippen MR) is 105 cm³/mol. The van der Waals surface area contributed by atoms with Crippen molar-refractivity contribution in [1.82, 2.24) is 15.5 Å². The molecule has 3 aliphatic heterocycles. The zero-order valence-corrected chi connectivity index (χ0v) is 16.3. The molecule has 2 saturated heterocycles. The molecule has 0 spiro atoms. The van der Waals surface area contributed by atoms with Gasteiger partial charge in [0.25, 0.3) is 0 Å². The number of hydrogen-bond donors (Lipinski definition) is 5. The number of fused-ring (bicyclic) bond motifs is 4. The molecule has 9 nitrogen and oxygen atoms in total. The van der Waals surface area contributed by atoms with Gasteiger partial charge in [-0.15, -0.1) is 0 Å². The van der Waals surface area contributed by atoms with Crippen LogP contribution in [0.25, 0.3) is 0 Å². The molecule has 0 saturated carbocycles. The lowest BCUT2D eigenvalue weighted by atomic mass is 9.89. The second kappa shape index (κ2) is 8.56. The van der Waals surface area contributed by atoms with Gasteiger partial charge in [-0.05, 0) is 30.5 Å². The maximum Gasteiger partial charge on any atom is 0.315 e. The van der Waals surface area contributed by atoms with Gasteiger partial charge in [0.15, 0.2) is 0 Å². The largest absolute Gasteiger partial charge is 0.394 e. The number of nitrogens with one attached hydrogen (secondary N) is 3. The van der Waals surface area contributed by atoms with Gasteiger partial charge in [0, 0.05) is 30.8 Å². The number of rotatable bonds is 5. The molecular weight excluding hydrogens is 376 g/mol. The van der Waals surface area contributed by atoms with Gasteiger partial charge in [-0.3, -0.25) is 4.79 Å². The third kappa shape index (κ3) is 4.31. The number of urea groups is 1. The van der Waals surface area contributed by atoms with Crippen LogP contribution in [-0.2, 0) is 16.1 Å². The fourth-order valence-corrected chi connectivity index (χ4v) is 4.33. The Hall–Kier alpha value is -2.36. The molecular formula is C20H28N4O5. The zero-order valence-electron chi connectivity index (χ0n) is 16.3. The number of carbonyl (C=O) groups excluding carboxylic acids is 2. The van der Waals surface area contributed by atoms with Crippen molar-refractivity contribution in [2.24, 2.45) is 0 Å². The van der Waals surface area contributed by atoms with Crippen LogP contribution in [0.1, 0.15) is 36.5 Å². The van der Waals surface area contributed by atoms with E-state index in [-0.39, 0.29) is 37.2 Å². The van der Waals surface area contributed by atoms with Crippen molar-refractivity contribution < 1.29 is 24.5 Å². The van der Waals surface area contributed by atoms with Crippen molar-refractivity contribution in [3.8, 4) is 0 Å². The van der Waals surface area contributed by atoms with Crippen LogP contribution >= 0.6 is 0 Å². The first-order chi connectivity index (χ1) is 14.0. The number of carbonyl (C=O) groups is 2. The summed E-state index contributed by atoms with van der Waals surface area (Å²) in [6.07, 6.45) is 1.84. The average molecular weight is 404 g/mol. The van der Waals surface area contributed by atoms with Gasteiger partial charge in [-0.1, -0.05) is 6.07 Å². The number of ether oxygens (including phenoxy) is 1. The third-order valence-electron chi connectivity index (χ3n) is 5.97. The number of likely N-dealkylation sites (tertiary alicyclic amines) is 1. The maximum atomic E-state index is 12.2. The van der Waals surface area contributed by atoms with E-state index in [0.29, 0.717) is 19.7 Å². The lowest BCUT2D eigenvalue weighted by Crippen LogP contribution is -2.46. The van der Waals surface area contributed by atoms with E-state index in [4.69, 9.17) is 4.74 Å². The van der Waals surface area contributed by atoms with E-state index in [1.807, 2.05) is 18.2 Å². The molecule has 3 heterocycles. The Bertz CT molecular complexity index is 773. The molecule has 4 rings (SSSR count). The van der Waals surface area contributed by atoms with Crippen molar-refractivity contribution in [3.63, 3.8) is 0 Å². The van der Waals surface area contributed by atoms with Gasteiger partial charge in [0.1, 0.15) is 0 Å². The van der Waals surface area contributed by atoms with Crippen LogP contribution in [0.2, 0.25) is 0 Å². The highest BCUT2D eigenvalue weighted by Crippen LogP contribution is 2.39. The van der Waals surface area contributed by atoms with Crippen molar-refractivity contribution in [3.05, 3.63) is 29.3 Å². The number of amides is 3. The van der Waals surface area contributed by atoms with Gasteiger partial charge in [-0.25, -0.2) is 4.79 Å². The van der Waals surface area contributed by atoms with E-state index < -0.39 is 12.1 Å². The van der Waals surface area contributed by atoms with Crippen LogP contribution in [0.3, 0.4) is 0 Å². The summed E-state index contributed by atoms with van der Waals surface area (Å²) in [7, 11) is 0. The number of benzene rings is 1. The van der Waals surface area contributed by atoms with E-state index in [9.17, 15) is 19.8 Å². The minimum absolute atomic E-state index is 0.00887. The Kier molecular flexibility index (Phi) is 5.89. The molecule has 3 aliphatic rings. The van der Waals surface area contributed by atoms with Crippen LogP contribution in [-0.4, -0.2) is 71.5 Å². The van der Waals surface area contributed by atoms with Crippen LogP contribution in [0, 0.1) is 0 Å². The molecule has 29 heavy (non-hydrogen) atoms. The summed E-state index contributed by atoms with van der Waals surface area (Å²) in [6.45, 7) is 1.13. The SMILES string of the molecule is O=C(NCC(=O)N1CCC[C@H]1CO)NCc1ccc2c(c1)[C@@H]1C[C@H](N2)[C@H](O)CO1. The van der Waals surface area contributed by atoms with Crippen LogP contribution in [0.15, 0.2) is 18.2 Å². The highest BCUT2D eigenvalue weighted by Gasteiger charge is 2.36. The normalized spacial score (nSPS) is 27.7. The molecule has 2 bridgehead atoms. The van der Waals surface area contributed by atoms with Gasteiger partial charge < -0.3 is 35.8 Å². The smallest absolute Gasteiger partial charge is 0.315 e. The summed E-state index contributed by atoms with van der Waals surface area (Å²) in [5, 5.41) is 28.0. The molecule has 9 heteroatoms. The summed E-state index contributed by atoms with van der Waals surface area (Å²) in [4.78, 5) is 25.9. The van der Waals surface area contributed by atoms with Gasteiger partial charge in [0.2, 0.25) is 5.91 Å². The zero-order chi connectivity index (χ0) is 20.4. The van der Waals surface area contributed by atoms with Gasteiger partial charge in [0.05, 0.1) is 44.1 Å². The van der Waals surface area contributed by atoms with E-state index >= 15 is 0 Å². The summed E-state index contributed by atoms with van der Waals surface area (Å²) in [5.74, 6) is -0.178. The van der Waals surface area contributed by atoms with Crippen molar-refractivity contribution in [2.45, 2.75) is 50.1 Å². The lowest BCUT2D eigenvalue weighted by Gasteiger charge is -2.40. The van der Waals surface area contributed by atoms with E-state index in [0.717, 1.165) is 36.1 Å². The monoisotopic (exact) mass is 404 g/mol. The molecule has 0 aromatic heterocycles. The molecule has 5 N–H and O–H groups in total. The number of nitrogens with zero attached hydrogens (tertiary/aromatic N) is 1. The molecule has 158 valence electrons. The van der Waals surface area contributed by atoms with E-state index in [2.05, 4.69) is 16.0 Å². The summed E-state index contributed by atoms with van der Waals surface area (Å²) >= 11 is 0. The highest BCUT2D eigenvalue weighted by molar-refractivity contribution is 5.84. The number of anilines is 1. The van der Waals surface area contributed by atoms with Crippen LogP contribution in [0.5, 0.6) is 0 Å². The van der Waals surface area contributed by atoms with E-state index in [1.54, 1.807) is 4.90 Å². The standard InChI is InChI=1S/C20H28N4O5/c25-10-13-2-1-5-24(13)19(27)9-22-20(28)21-8-12-3-4-15-14(6-12)18-7-16(23-15)17(26)11-29-18/h3-4,6,13,16-18,23,25-26H,1-2,5,7-11H2,(H2,21,22,28)/t13-,16-,17+,18-/m0/s1. The Labute approximate surface area is 169 Å². The lowest BCUT2D eigenvalue weighted by molar-refractivity contribution is -0.131. The molecule has 0 unspecified atom stereocenters. The number of hydrogen-bond acceptors (Lipinski definition) is 6. The van der Waals surface area contributed by atoms with Crippen LogP contribution < -0.4 is 16.0 Å². The first-order valence-electron chi connectivity index (χ1n) is 10.2. The Morgan fingerprint density at radius 3 is 3.00 bits per heavy atom. The van der Waals surface area contributed by atoms with Crippen molar-refractivity contribution in [2.75, 3.05) is 31.6 Å². The predicted octanol–water partition coefficient (Wildman–Crippen LogP) is 0.0855. The molecule has 4 atom stereocenters. The molecule has 3 amide bonds. The number of aliphatic hydroxyl groups excluding tert-OH is 2. The Morgan fingerprint density at radius 2 is 2.17 bits per heavy atom. The quantitative estimate of drug-likeness (QED) is 0.474. The second-order valence-electron chi connectivity index (χ2n) is 7.90. The topological polar surface area (TPSA) is 123 Å². The molecule has 0 aliphatic carbocycles. The minimum Gasteiger partial charge on any atom is -0.394 e. The first-order valence-corrected chi connectivity index (χ1v) is 10.2. The van der Waals surface area contributed by atoms with Gasteiger partial charge >= 0.3 is 6.03 Å². The Morgan fingerprint density at radius 1 is 1.31 bits per heavy atom. The van der Waals surface area contributed by atoms with Crippen LogP contribution in [0.4, 0.5) is 10.5 Å². The molecule has 1 aromatic carbocycles. The third-order valence-corrected chi connectivity index (χ3v) is 5.97. The average Bonchev–Trinajstić information content (AvgIpc) is 3.22. The number of aliphatic hydroxyl groups is 2. The van der Waals surface area contributed by atoms with Gasteiger partial charge in [-0.2, -0.15) is 0 Å². The summed E-state index contributed by atoms with van der Waals surface area (Å²) in [6, 6.07) is 5.32. The minimum atomic E-state index is -0.500. The Balaban J connectivity index is 1.27. The van der Waals surface area contributed by atoms with Crippen molar-refractivity contribution in [1.29, 1.82) is 0 Å². The van der Waals surface area contributed by atoms with E-state index in [1.165, 1.54) is 0 Å². The summed E-state index contributed by atoms with van der Waals surface area (Å²) in [5.41, 5.74) is 2.92.